The van der Waals surface area contributed by atoms with Gasteiger partial charge in [0.05, 0.1) is 7.11 Å². The lowest BCUT2D eigenvalue weighted by Gasteiger charge is -2.21. The van der Waals surface area contributed by atoms with Crippen LogP contribution in [-0.4, -0.2) is 56.1 Å². The van der Waals surface area contributed by atoms with E-state index >= 15 is 0 Å². The van der Waals surface area contributed by atoms with Gasteiger partial charge < -0.3 is 18.8 Å². The molecule has 1 aliphatic heterocycles. The molecule has 1 amide bonds. The number of carbonyl (C=O) groups excluding carboxylic acids is 1. The first-order valence-electron chi connectivity index (χ1n) is 8.92. The molecule has 140 valence electrons. The third kappa shape index (κ3) is 4.65. The number of hydrogen-bond donors (Lipinski definition) is 0. The van der Waals surface area contributed by atoms with Gasteiger partial charge in [0, 0.05) is 39.8 Å². The lowest BCUT2D eigenvalue weighted by molar-refractivity contribution is 0.0721. The largest absolute Gasteiger partial charge is 0.497 e. The molecular weight excluding hydrogens is 332 g/mol. The standard InChI is InChI=1S/C20H26N2O4/c1-24-15-18-8-9-19(26-18)20(23)22-11-3-10-21(12-13-22)14-16-4-6-17(25-2)7-5-16/h4-9H,3,10-15H2,1-2H3. The van der Waals surface area contributed by atoms with Crippen LogP contribution in [0, 0.1) is 0 Å². The normalized spacial score (nSPS) is 15.7. The van der Waals surface area contributed by atoms with Crippen molar-refractivity contribution in [2.24, 2.45) is 0 Å². The van der Waals surface area contributed by atoms with Gasteiger partial charge in [0.15, 0.2) is 5.76 Å². The Morgan fingerprint density at radius 1 is 1.04 bits per heavy atom. The third-order valence-corrected chi connectivity index (χ3v) is 4.60. The van der Waals surface area contributed by atoms with Crippen molar-refractivity contribution in [2.45, 2.75) is 19.6 Å². The summed E-state index contributed by atoms with van der Waals surface area (Å²) in [5.74, 6) is 1.89. The molecule has 0 atom stereocenters. The van der Waals surface area contributed by atoms with Gasteiger partial charge in [-0.2, -0.15) is 0 Å². The van der Waals surface area contributed by atoms with E-state index in [-0.39, 0.29) is 5.91 Å². The predicted octanol–water partition coefficient (Wildman–Crippen LogP) is 2.78. The van der Waals surface area contributed by atoms with Crippen LogP contribution in [0.4, 0.5) is 0 Å². The molecule has 0 spiro atoms. The first kappa shape index (κ1) is 18.5. The number of benzene rings is 1. The minimum Gasteiger partial charge on any atom is -0.497 e. The van der Waals surface area contributed by atoms with Crippen molar-refractivity contribution >= 4 is 5.91 Å². The highest BCUT2D eigenvalue weighted by Gasteiger charge is 2.22. The Balaban J connectivity index is 1.55. The minimum absolute atomic E-state index is 0.0429. The second kappa shape index (κ2) is 8.87. The highest BCUT2D eigenvalue weighted by molar-refractivity contribution is 5.91. The monoisotopic (exact) mass is 358 g/mol. The van der Waals surface area contributed by atoms with Gasteiger partial charge in [0.25, 0.3) is 5.91 Å². The van der Waals surface area contributed by atoms with Gasteiger partial charge in [-0.05, 0) is 36.2 Å². The molecule has 6 nitrogen and oxygen atoms in total. The summed E-state index contributed by atoms with van der Waals surface area (Å²) in [5.41, 5.74) is 1.25. The van der Waals surface area contributed by atoms with Crippen molar-refractivity contribution in [1.82, 2.24) is 9.80 Å². The van der Waals surface area contributed by atoms with Crippen LogP contribution < -0.4 is 4.74 Å². The molecule has 0 bridgehead atoms. The summed E-state index contributed by atoms with van der Waals surface area (Å²) in [5, 5.41) is 0. The molecule has 6 heteroatoms. The Kier molecular flexibility index (Phi) is 6.30. The summed E-state index contributed by atoms with van der Waals surface area (Å²) in [6, 6.07) is 11.7. The fourth-order valence-corrected chi connectivity index (χ4v) is 3.19. The zero-order valence-electron chi connectivity index (χ0n) is 15.4. The van der Waals surface area contributed by atoms with Crippen LogP contribution in [0.15, 0.2) is 40.8 Å². The smallest absolute Gasteiger partial charge is 0.289 e. The Hall–Kier alpha value is -2.31. The molecule has 2 heterocycles. The summed E-state index contributed by atoms with van der Waals surface area (Å²) in [7, 11) is 3.28. The number of ether oxygens (including phenoxy) is 2. The second-order valence-electron chi connectivity index (χ2n) is 6.47. The van der Waals surface area contributed by atoms with Gasteiger partial charge in [-0.15, -0.1) is 0 Å². The fraction of sp³-hybridized carbons (Fsp3) is 0.450. The van der Waals surface area contributed by atoms with Gasteiger partial charge >= 0.3 is 0 Å². The maximum absolute atomic E-state index is 12.7. The van der Waals surface area contributed by atoms with Crippen LogP contribution in [0.25, 0.3) is 0 Å². The van der Waals surface area contributed by atoms with Crippen LogP contribution in [-0.2, 0) is 17.9 Å². The fourth-order valence-electron chi connectivity index (χ4n) is 3.19. The van der Waals surface area contributed by atoms with E-state index in [0.29, 0.717) is 24.7 Å². The number of amides is 1. The maximum Gasteiger partial charge on any atom is 0.289 e. The molecule has 1 saturated heterocycles. The molecule has 1 aliphatic rings. The predicted molar refractivity (Wildman–Crippen MR) is 98.2 cm³/mol. The number of rotatable bonds is 6. The van der Waals surface area contributed by atoms with E-state index in [1.165, 1.54) is 5.56 Å². The van der Waals surface area contributed by atoms with Crippen LogP contribution in [0.1, 0.15) is 28.3 Å². The molecule has 0 saturated carbocycles. The van der Waals surface area contributed by atoms with Crippen molar-refractivity contribution in [1.29, 1.82) is 0 Å². The number of methoxy groups -OCH3 is 2. The third-order valence-electron chi connectivity index (χ3n) is 4.60. The van der Waals surface area contributed by atoms with E-state index in [1.54, 1.807) is 26.4 Å². The number of nitrogens with zero attached hydrogens (tertiary/aromatic N) is 2. The Labute approximate surface area is 154 Å². The second-order valence-corrected chi connectivity index (χ2v) is 6.47. The van der Waals surface area contributed by atoms with Crippen molar-refractivity contribution in [3.8, 4) is 5.75 Å². The first-order valence-corrected chi connectivity index (χ1v) is 8.92. The van der Waals surface area contributed by atoms with Crippen LogP contribution in [0.5, 0.6) is 5.75 Å². The highest BCUT2D eigenvalue weighted by Crippen LogP contribution is 2.16. The van der Waals surface area contributed by atoms with Gasteiger partial charge in [0.1, 0.15) is 18.1 Å². The summed E-state index contributed by atoms with van der Waals surface area (Å²) >= 11 is 0. The topological polar surface area (TPSA) is 55.2 Å². The first-order chi connectivity index (χ1) is 12.7. The van der Waals surface area contributed by atoms with Gasteiger partial charge in [-0.25, -0.2) is 0 Å². The number of furan rings is 1. The van der Waals surface area contributed by atoms with Gasteiger partial charge in [0.2, 0.25) is 0 Å². The van der Waals surface area contributed by atoms with E-state index in [4.69, 9.17) is 13.9 Å². The van der Waals surface area contributed by atoms with E-state index in [1.807, 2.05) is 17.0 Å². The van der Waals surface area contributed by atoms with Crippen molar-refractivity contribution in [3.63, 3.8) is 0 Å². The molecule has 2 aromatic rings. The summed E-state index contributed by atoms with van der Waals surface area (Å²) in [6.45, 7) is 4.54. The molecule has 26 heavy (non-hydrogen) atoms. The van der Waals surface area contributed by atoms with Crippen LogP contribution >= 0.6 is 0 Å². The molecule has 0 unspecified atom stereocenters. The van der Waals surface area contributed by atoms with Crippen LogP contribution in [0.2, 0.25) is 0 Å². The Bertz CT molecular complexity index is 711. The molecule has 0 radical (unpaired) electrons. The van der Waals surface area contributed by atoms with E-state index in [9.17, 15) is 4.79 Å². The summed E-state index contributed by atoms with van der Waals surface area (Å²) in [4.78, 5) is 16.9. The molecule has 3 rings (SSSR count). The van der Waals surface area contributed by atoms with Gasteiger partial charge in [-0.1, -0.05) is 12.1 Å². The maximum atomic E-state index is 12.7. The Morgan fingerprint density at radius 3 is 2.58 bits per heavy atom. The molecular formula is C20H26N2O4. The molecule has 1 aromatic carbocycles. The SMILES string of the molecule is COCc1ccc(C(=O)N2CCCN(Cc3ccc(OC)cc3)CC2)o1. The number of carbonyl (C=O) groups is 1. The minimum atomic E-state index is -0.0429. The van der Waals surface area contributed by atoms with E-state index in [2.05, 4.69) is 17.0 Å². The highest BCUT2D eigenvalue weighted by atomic mass is 16.5. The lowest BCUT2D eigenvalue weighted by atomic mass is 10.2. The van der Waals surface area contributed by atoms with Crippen molar-refractivity contribution in [3.05, 3.63) is 53.5 Å². The molecule has 0 N–H and O–H groups in total. The molecule has 1 fully saturated rings. The zero-order valence-corrected chi connectivity index (χ0v) is 15.4. The lowest BCUT2D eigenvalue weighted by Crippen LogP contribution is -2.34. The quantitative estimate of drug-likeness (QED) is 0.795. The van der Waals surface area contributed by atoms with Gasteiger partial charge in [-0.3, -0.25) is 9.69 Å². The number of hydrogen-bond acceptors (Lipinski definition) is 5. The summed E-state index contributed by atoms with van der Waals surface area (Å²) < 4.78 is 15.8. The van der Waals surface area contributed by atoms with E-state index < -0.39 is 0 Å². The summed E-state index contributed by atoms with van der Waals surface area (Å²) in [6.07, 6.45) is 0.952. The van der Waals surface area contributed by atoms with Crippen molar-refractivity contribution < 1.29 is 18.7 Å². The average molecular weight is 358 g/mol. The molecule has 1 aromatic heterocycles. The van der Waals surface area contributed by atoms with E-state index in [0.717, 1.165) is 38.3 Å². The van der Waals surface area contributed by atoms with Crippen molar-refractivity contribution in [2.75, 3.05) is 40.4 Å². The Morgan fingerprint density at radius 2 is 1.85 bits per heavy atom. The van der Waals surface area contributed by atoms with Crippen LogP contribution in [0.3, 0.4) is 0 Å². The zero-order chi connectivity index (χ0) is 18.4. The average Bonchev–Trinajstić information content (AvgIpc) is 3.00. The molecule has 0 aliphatic carbocycles.